The van der Waals surface area contributed by atoms with E-state index in [0.29, 0.717) is 69.5 Å². The lowest BCUT2D eigenvalue weighted by Crippen LogP contribution is -2.40. The zero-order valence-electron chi connectivity index (χ0n) is 30.5. The normalized spacial score (nSPS) is 15.5. The van der Waals surface area contributed by atoms with Crippen molar-refractivity contribution >= 4 is 57.2 Å². The number of carbonyl (C=O) groups is 3. The maximum Gasteiger partial charge on any atom is 0.425 e. The number of rotatable bonds is 7. The summed E-state index contributed by atoms with van der Waals surface area (Å²) in [6.07, 6.45) is 1.24. The van der Waals surface area contributed by atoms with Gasteiger partial charge >= 0.3 is 24.4 Å². The molecule has 2 fully saturated rings. The number of alkyl halides is 3. The molecule has 17 heteroatoms. The van der Waals surface area contributed by atoms with Crippen molar-refractivity contribution < 1.29 is 42.1 Å². The number of carbonyl (C=O) groups excluding carboxylic acids is 2. The molecule has 0 atom stereocenters. The van der Waals surface area contributed by atoms with Gasteiger partial charge in [0, 0.05) is 54.4 Å². The molecule has 288 valence electrons. The van der Waals surface area contributed by atoms with Crippen molar-refractivity contribution in [2.45, 2.75) is 70.4 Å². The van der Waals surface area contributed by atoms with Crippen LogP contribution in [0.3, 0.4) is 0 Å². The number of nitrogens with one attached hydrogen (secondary N) is 2. The van der Waals surface area contributed by atoms with Crippen molar-refractivity contribution in [1.29, 1.82) is 0 Å². The van der Waals surface area contributed by atoms with Crippen LogP contribution in [-0.2, 0) is 10.9 Å². The van der Waals surface area contributed by atoms with Gasteiger partial charge in [-0.05, 0) is 94.8 Å². The monoisotopic (exact) mass is 760 g/mol. The molecule has 0 bridgehead atoms. The summed E-state index contributed by atoms with van der Waals surface area (Å²) in [6.45, 7) is 6.29. The van der Waals surface area contributed by atoms with Crippen molar-refractivity contribution in [3.63, 3.8) is 0 Å². The Hall–Kier alpha value is -5.97. The van der Waals surface area contributed by atoms with Gasteiger partial charge in [0.15, 0.2) is 5.82 Å². The SMILES string of the molecule is CN1CCC(Oc2ccc(NC(=O)Nc3ccc(-c4cn(C5CC5)c5ncnc(N(C(=O)O)C(=O)OC(C)(C)C)c45)c4ccncc34)cc2C(F)(F)F)CC1. The van der Waals surface area contributed by atoms with E-state index in [1.54, 1.807) is 45.2 Å². The summed E-state index contributed by atoms with van der Waals surface area (Å²) < 4.78 is 55.6. The molecule has 55 heavy (non-hydrogen) atoms. The van der Waals surface area contributed by atoms with E-state index in [9.17, 15) is 32.7 Å². The topological polar surface area (TPSA) is 164 Å². The predicted octanol–water partition coefficient (Wildman–Crippen LogP) is 8.54. The van der Waals surface area contributed by atoms with E-state index >= 15 is 0 Å². The average Bonchev–Trinajstić information content (AvgIpc) is 3.88. The highest BCUT2D eigenvalue weighted by molar-refractivity contribution is 6.18. The molecule has 3 aromatic heterocycles. The number of nitrogens with zero attached hydrogens (tertiary/aromatic N) is 6. The van der Waals surface area contributed by atoms with E-state index in [-0.39, 0.29) is 29.4 Å². The third-order valence-corrected chi connectivity index (χ3v) is 9.37. The average molecular weight is 761 g/mol. The van der Waals surface area contributed by atoms with Gasteiger partial charge in [-0.3, -0.25) is 4.98 Å². The predicted molar refractivity (Wildman–Crippen MR) is 199 cm³/mol. The lowest BCUT2D eigenvalue weighted by Gasteiger charge is -2.30. The van der Waals surface area contributed by atoms with Crippen LogP contribution in [0.2, 0.25) is 0 Å². The van der Waals surface area contributed by atoms with Gasteiger partial charge in [0.05, 0.1) is 16.6 Å². The van der Waals surface area contributed by atoms with E-state index in [1.165, 1.54) is 24.7 Å². The lowest BCUT2D eigenvalue weighted by molar-refractivity contribution is -0.139. The van der Waals surface area contributed by atoms with E-state index < -0.39 is 35.6 Å². The largest absolute Gasteiger partial charge is 0.490 e. The Balaban J connectivity index is 1.22. The number of ether oxygens (including phenoxy) is 2. The molecule has 7 rings (SSSR count). The van der Waals surface area contributed by atoms with E-state index in [2.05, 4.69) is 30.5 Å². The first kappa shape index (κ1) is 37.3. The van der Waals surface area contributed by atoms with Crippen molar-refractivity contribution in [1.82, 2.24) is 24.4 Å². The number of piperidine rings is 1. The minimum atomic E-state index is -4.73. The highest BCUT2D eigenvalue weighted by atomic mass is 19.4. The van der Waals surface area contributed by atoms with Crippen molar-refractivity contribution in [2.75, 3.05) is 35.7 Å². The minimum absolute atomic E-state index is 0.0898. The molecule has 2 aromatic carbocycles. The highest BCUT2D eigenvalue weighted by Gasteiger charge is 2.37. The molecule has 5 aromatic rings. The van der Waals surface area contributed by atoms with Crippen LogP contribution >= 0.6 is 0 Å². The summed E-state index contributed by atoms with van der Waals surface area (Å²) in [7, 11) is 1.95. The Bertz CT molecular complexity index is 2290. The molecule has 1 saturated heterocycles. The third kappa shape index (κ3) is 7.97. The number of imide groups is 1. The second kappa shape index (κ2) is 14.4. The van der Waals surface area contributed by atoms with E-state index in [4.69, 9.17) is 9.47 Å². The maximum atomic E-state index is 14.2. The molecular weight excluding hydrogens is 721 g/mol. The van der Waals surface area contributed by atoms with Crippen LogP contribution in [-0.4, -0.2) is 79.6 Å². The molecule has 0 unspecified atom stereocenters. The number of fused-ring (bicyclic) bond motifs is 2. The fourth-order valence-corrected chi connectivity index (χ4v) is 6.67. The van der Waals surface area contributed by atoms with Crippen molar-refractivity contribution in [3.8, 4) is 16.9 Å². The molecule has 1 saturated carbocycles. The number of likely N-dealkylation sites (tertiary alicyclic amines) is 1. The number of hydrogen-bond donors (Lipinski definition) is 3. The molecule has 4 heterocycles. The van der Waals surface area contributed by atoms with Crippen molar-refractivity contribution in [2.24, 2.45) is 0 Å². The van der Waals surface area contributed by atoms with Crippen LogP contribution < -0.4 is 20.3 Å². The fraction of sp³-hybridized carbons (Fsp3) is 0.368. The summed E-state index contributed by atoms with van der Waals surface area (Å²) in [6, 6.07) is 7.74. The van der Waals surface area contributed by atoms with Crippen LogP contribution in [0.1, 0.15) is 58.1 Å². The van der Waals surface area contributed by atoms with Crippen LogP contribution in [0, 0.1) is 0 Å². The second-order valence-electron chi connectivity index (χ2n) is 14.7. The van der Waals surface area contributed by atoms with Gasteiger partial charge < -0.3 is 34.7 Å². The Morgan fingerprint density at radius 2 is 1.69 bits per heavy atom. The molecule has 3 N–H and O–H groups in total. The maximum absolute atomic E-state index is 14.2. The number of urea groups is 1. The first-order valence-corrected chi connectivity index (χ1v) is 17.7. The van der Waals surface area contributed by atoms with Crippen LogP contribution in [0.25, 0.3) is 32.9 Å². The number of halogens is 3. The first-order valence-electron chi connectivity index (χ1n) is 17.7. The molecule has 1 aliphatic heterocycles. The van der Waals surface area contributed by atoms with Gasteiger partial charge in [-0.15, -0.1) is 0 Å². The molecule has 0 radical (unpaired) electrons. The smallest absolute Gasteiger partial charge is 0.425 e. The number of anilines is 3. The summed E-state index contributed by atoms with van der Waals surface area (Å²) in [5.41, 5.74) is -0.260. The van der Waals surface area contributed by atoms with Crippen LogP contribution in [0.15, 0.2) is 61.3 Å². The number of pyridine rings is 1. The number of hydrogen-bond acceptors (Lipinski definition) is 9. The minimum Gasteiger partial charge on any atom is -0.490 e. The molecule has 2 aliphatic rings. The fourth-order valence-electron chi connectivity index (χ4n) is 6.67. The molecule has 14 nitrogen and oxygen atoms in total. The van der Waals surface area contributed by atoms with E-state index in [0.717, 1.165) is 18.9 Å². The van der Waals surface area contributed by atoms with Gasteiger partial charge in [0.1, 0.15) is 29.4 Å². The summed E-state index contributed by atoms with van der Waals surface area (Å²) in [4.78, 5) is 54.6. The highest BCUT2D eigenvalue weighted by Crippen LogP contribution is 2.45. The van der Waals surface area contributed by atoms with Gasteiger partial charge in [-0.1, -0.05) is 6.07 Å². The number of carboxylic acid groups (broad SMARTS) is 1. The van der Waals surface area contributed by atoms with Crippen LogP contribution in [0.5, 0.6) is 5.75 Å². The third-order valence-electron chi connectivity index (χ3n) is 9.37. The first-order chi connectivity index (χ1) is 26.1. The Labute approximate surface area is 313 Å². The van der Waals surface area contributed by atoms with Gasteiger partial charge in [0.2, 0.25) is 0 Å². The van der Waals surface area contributed by atoms with Gasteiger partial charge in [-0.25, -0.2) is 24.4 Å². The molecule has 4 amide bonds. The van der Waals surface area contributed by atoms with Gasteiger partial charge in [-0.2, -0.15) is 18.1 Å². The second-order valence-corrected chi connectivity index (χ2v) is 14.7. The summed E-state index contributed by atoms with van der Waals surface area (Å²) in [5, 5.41) is 16.8. The number of benzene rings is 2. The summed E-state index contributed by atoms with van der Waals surface area (Å²) >= 11 is 0. The lowest BCUT2D eigenvalue weighted by atomic mass is 9.98. The zero-order valence-corrected chi connectivity index (χ0v) is 30.5. The summed E-state index contributed by atoms with van der Waals surface area (Å²) in [5.74, 6) is -0.485. The molecule has 0 spiro atoms. The molecule has 1 aliphatic carbocycles. The van der Waals surface area contributed by atoms with Gasteiger partial charge in [0.25, 0.3) is 0 Å². The van der Waals surface area contributed by atoms with E-state index in [1.807, 2.05) is 17.8 Å². The zero-order chi connectivity index (χ0) is 39.2. The molecular formula is C38H39F3N8O6. The number of aromatic nitrogens is 4. The quantitative estimate of drug-likeness (QED) is 0.146. The standard InChI is InChI=1S/C38H39F3N8O6/c1-37(2,3)55-36(53)49(35(51)52)33-31-27(19-48(22-6-7-22)32(31)43-20-44-33)24-8-9-29(26-18-42-14-11-25(24)26)46-34(50)45-21-5-10-30(28(17-21)38(39,40)41)54-23-12-15-47(4)16-13-23/h5,8-11,14,17-20,22-23H,6-7,12-13,15-16H2,1-4H3,(H,51,52)(H2,45,46,50). The van der Waals surface area contributed by atoms with Crippen molar-refractivity contribution in [3.05, 3.63) is 66.9 Å². The Morgan fingerprint density at radius 3 is 2.36 bits per heavy atom. The van der Waals surface area contributed by atoms with Crippen LogP contribution in [0.4, 0.5) is 44.7 Å². The Kier molecular flexibility index (Phi) is 9.75. The Morgan fingerprint density at radius 1 is 0.945 bits per heavy atom. The number of amides is 4.